The molecule has 0 radical (unpaired) electrons. The minimum absolute atomic E-state index is 0.00827. The molecule has 0 saturated carbocycles. The van der Waals surface area contributed by atoms with E-state index in [0.717, 1.165) is 39.8 Å². The SMILES string of the molecule is Cc1ccc(N2c3cc4ccccc4cc3N3c4ncc(C)cc4B(c4c(C)cc(C)cc4C)c4c3c2cc2ccccc42)nc1. The van der Waals surface area contributed by atoms with E-state index in [1.165, 1.54) is 60.3 Å². The summed E-state index contributed by atoms with van der Waals surface area (Å²) in [6.45, 7) is 11.0. The molecule has 0 fully saturated rings. The van der Waals surface area contributed by atoms with Crippen molar-refractivity contribution in [3.8, 4) is 0 Å². The zero-order chi connectivity index (χ0) is 31.3. The number of pyridine rings is 2. The van der Waals surface area contributed by atoms with E-state index < -0.39 is 0 Å². The van der Waals surface area contributed by atoms with Crippen molar-refractivity contribution < 1.29 is 0 Å². The van der Waals surface area contributed by atoms with Crippen LogP contribution in [0.4, 0.5) is 34.4 Å². The fourth-order valence-electron chi connectivity index (χ4n) is 8.02. The largest absolute Gasteiger partial charge is 0.292 e. The molecular weight excluding hydrogens is 559 g/mol. The standard InChI is InChI=1S/C41H33BN4/c1-24-14-15-37(43-22-24)45-34-19-29-10-6-7-11-30(29)20-35(34)46-40-36(45)21-31-12-8-9-13-32(31)39(40)42(33-18-26(3)23-44-41(33)46)38-27(4)16-25(2)17-28(38)5/h6-23H,1-5H3. The summed E-state index contributed by atoms with van der Waals surface area (Å²) in [6.07, 6.45) is 3.99. The topological polar surface area (TPSA) is 32.3 Å². The van der Waals surface area contributed by atoms with Crippen molar-refractivity contribution in [3.63, 3.8) is 0 Å². The molecule has 2 aliphatic heterocycles. The molecule has 0 amide bonds. The van der Waals surface area contributed by atoms with Crippen LogP contribution >= 0.6 is 0 Å². The average Bonchev–Trinajstić information content (AvgIpc) is 3.04. The summed E-state index contributed by atoms with van der Waals surface area (Å²) >= 11 is 0. The zero-order valence-electron chi connectivity index (χ0n) is 26.8. The normalized spacial score (nSPS) is 13.2. The average molecular weight is 593 g/mol. The molecule has 4 nitrogen and oxygen atoms in total. The van der Waals surface area contributed by atoms with Gasteiger partial charge in [0.2, 0.25) is 6.71 Å². The number of benzene rings is 5. The molecule has 0 atom stereocenters. The van der Waals surface area contributed by atoms with Crippen molar-refractivity contribution in [2.24, 2.45) is 0 Å². The zero-order valence-corrected chi connectivity index (χ0v) is 26.8. The lowest BCUT2D eigenvalue weighted by Crippen LogP contribution is -2.60. The Balaban J connectivity index is 1.49. The molecule has 9 rings (SSSR count). The first-order valence-corrected chi connectivity index (χ1v) is 16.0. The van der Waals surface area contributed by atoms with Crippen molar-refractivity contribution in [1.29, 1.82) is 0 Å². The van der Waals surface area contributed by atoms with Gasteiger partial charge in [0, 0.05) is 12.4 Å². The van der Waals surface area contributed by atoms with Crippen LogP contribution in [0.3, 0.4) is 0 Å². The Labute approximate surface area is 270 Å². The molecule has 2 aliphatic rings. The third kappa shape index (κ3) is 3.81. The second-order valence-electron chi connectivity index (χ2n) is 13.1. The van der Waals surface area contributed by atoms with E-state index in [1.54, 1.807) is 0 Å². The highest BCUT2D eigenvalue weighted by molar-refractivity contribution is 7.00. The molecule has 2 aromatic heterocycles. The molecule has 220 valence electrons. The highest BCUT2D eigenvalue weighted by Crippen LogP contribution is 2.55. The van der Waals surface area contributed by atoms with Gasteiger partial charge in [0.15, 0.2) is 0 Å². The van der Waals surface area contributed by atoms with Gasteiger partial charge in [-0.1, -0.05) is 94.9 Å². The summed E-state index contributed by atoms with van der Waals surface area (Å²) in [5, 5.41) is 4.88. The van der Waals surface area contributed by atoms with Crippen LogP contribution in [0.5, 0.6) is 0 Å². The van der Waals surface area contributed by atoms with E-state index in [9.17, 15) is 0 Å². The predicted molar refractivity (Wildman–Crippen MR) is 195 cm³/mol. The predicted octanol–water partition coefficient (Wildman–Crippen LogP) is 8.41. The van der Waals surface area contributed by atoms with Crippen molar-refractivity contribution in [2.45, 2.75) is 34.6 Å². The maximum absolute atomic E-state index is 5.26. The summed E-state index contributed by atoms with van der Waals surface area (Å²) in [7, 11) is 0. The lowest BCUT2D eigenvalue weighted by atomic mass is 9.33. The Bertz CT molecular complexity index is 2370. The Morgan fingerprint density at radius 1 is 0.522 bits per heavy atom. The fraction of sp³-hybridized carbons (Fsp3) is 0.122. The molecule has 5 aromatic carbocycles. The molecule has 0 aliphatic carbocycles. The highest BCUT2D eigenvalue weighted by atomic mass is 15.3. The van der Waals surface area contributed by atoms with Crippen LogP contribution in [-0.2, 0) is 0 Å². The van der Waals surface area contributed by atoms with Crippen LogP contribution < -0.4 is 26.2 Å². The minimum Gasteiger partial charge on any atom is -0.292 e. The van der Waals surface area contributed by atoms with Crippen molar-refractivity contribution >= 4 is 79.0 Å². The molecular formula is C41H33BN4. The lowest BCUT2D eigenvalue weighted by molar-refractivity contribution is 1.10. The van der Waals surface area contributed by atoms with E-state index >= 15 is 0 Å². The number of aromatic nitrogens is 2. The van der Waals surface area contributed by atoms with Crippen LogP contribution in [0.15, 0.2) is 109 Å². The van der Waals surface area contributed by atoms with E-state index in [0.29, 0.717) is 0 Å². The first-order valence-electron chi connectivity index (χ1n) is 16.0. The molecule has 4 heterocycles. The monoisotopic (exact) mass is 592 g/mol. The molecule has 0 spiro atoms. The van der Waals surface area contributed by atoms with Crippen molar-refractivity contribution in [3.05, 3.63) is 137 Å². The van der Waals surface area contributed by atoms with E-state index in [-0.39, 0.29) is 6.71 Å². The number of hydrogen-bond acceptors (Lipinski definition) is 4. The van der Waals surface area contributed by atoms with Gasteiger partial charge in [-0.3, -0.25) is 9.80 Å². The van der Waals surface area contributed by atoms with Crippen molar-refractivity contribution in [1.82, 2.24) is 9.97 Å². The maximum atomic E-state index is 5.26. The van der Waals surface area contributed by atoms with E-state index in [4.69, 9.17) is 9.97 Å². The summed E-state index contributed by atoms with van der Waals surface area (Å²) in [6, 6.07) is 35.9. The first kappa shape index (κ1) is 26.9. The second-order valence-corrected chi connectivity index (χ2v) is 13.1. The van der Waals surface area contributed by atoms with Gasteiger partial charge < -0.3 is 0 Å². The number of hydrogen-bond donors (Lipinski definition) is 0. The van der Waals surface area contributed by atoms with Gasteiger partial charge >= 0.3 is 0 Å². The molecule has 5 heteroatoms. The van der Waals surface area contributed by atoms with Gasteiger partial charge in [-0.05, 0) is 102 Å². The molecule has 0 N–H and O–H groups in total. The Hall–Kier alpha value is -5.42. The number of nitrogens with zero attached hydrogens (tertiary/aromatic N) is 4. The van der Waals surface area contributed by atoms with Gasteiger partial charge in [0.25, 0.3) is 0 Å². The quantitative estimate of drug-likeness (QED) is 0.189. The van der Waals surface area contributed by atoms with Crippen LogP contribution in [-0.4, -0.2) is 16.7 Å². The maximum Gasteiger partial charge on any atom is 0.250 e. The Morgan fingerprint density at radius 3 is 1.85 bits per heavy atom. The van der Waals surface area contributed by atoms with Gasteiger partial charge in [0.05, 0.1) is 22.7 Å². The Kier molecular flexibility index (Phi) is 5.73. The van der Waals surface area contributed by atoms with Crippen LogP contribution in [0.25, 0.3) is 21.5 Å². The summed E-state index contributed by atoms with van der Waals surface area (Å²) < 4.78 is 0. The molecule has 7 aromatic rings. The fourth-order valence-corrected chi connectivity index (χ4v) is 8.02. The third-order valence-electron chi connectivity index (χ3n) is 9.83. The number of fused-ring (bicyclic) bond motifs is 7. The van der Waals surface area contributed by atoms with E-state index in [1.807, 2.05) is 12.4 Å². The first-order chi connectivity index (χ1) is 22.4. The number of anilines is 6. The smallest absolute Gasteiger partial charge is 0.250 e. The van der Waals surface area contributed by atoms with Gasteiger partial charge in [-0.25, -0.2) is 9.97 Å². The van der Waals surface area contributed by atoms with Gasteiger partial charge in [-0.15, -0.1) is 0 Å². The lowest BCUT2D eigenvalue weighted by Gasteiger charge is -2.45. The Morgan fingerprint density at radius 2 is 1.15 bits per heavy atom. The third-order valence-corrected chi connectivity index (χ3v) is 9.83. The minimum atomic E-state index is 0.00827. The van der Waals surface area contributed by atoms with Crippen LogP contribution in [0.1, 0.15) is 27.8 Å². The van der Waals surface area contributed by atoms with Crippen LogP contribution in [0, 0.1) is 34.6 Å². The summed E-state index contributed by atoms with van der Waals surface area (Å²) in [5.74, 6) is 1.90. The number of aryl methyl sites for hydroxylation is 5. The summed E-state index contributed by atoms with van der Waals surface area (Å²) in [5.41, 5.74) is 14.6. The molecule has 0 saturated heterocycles. The molecule has 0 bridgehead atoms. The number of rotatable bonds is 2. The van der Waals surface area contributed by atoms with Gasteiger partial charge in [0.1, 0.15) is 11.6 Å². The van der Waals surface area contributed by atoms with E-state index in [2.05, 4.69) is 141 Å². The molecule has 46 heavy (non-hydrogen) atoms. The highest BCUT2D eigenvalue weighted by Gasteiger charge is 2.44. The van der Waals surface area contributed by atoms with Gasteiger partial charge in [-0.2, -0.15) is 0 Å². The second kappa shape index (κ2) is 9.79. The summed E-state index contributed by atoms with van der Waals surface area (Å²) in [4.78, 5) is 15.1. The van der Waals surface area contributed by atoms with Crippen molar-refractivity contribution in [2.75, 3.05) is 9.80 Å². The molecule has 0 unspecified atom stereocenters. The van der Waals surface area contributed by atoms with Crippen LogP contribution in [0.2, 0.25) is 0 Å².